The summed E-state index contributed by atoms with van der Waals surface area (Å²) in [5.74, 6) is -4.97. The minimum atomic E-state index is -1.61. The number of fused-ring (bicyclic) bond motifs is 1. The molecule has 0 atom stereocenters. The standard InChI is InChI=1S/C17H13F3O/c18-14-8-7-13(15(19)16(14)20)17(21)12-6-5-10-3-1-2-4-11(10)9-12/h5-9H,1-4H2. The molecule has 0 heterocycles. The average Bonchev–Trinajstić information content (AvgIpc) is 2.52. The van der Waals surface area contributed by atoms with E-state index >= 15 is 0 Å². The second-order valence-corrected chi connectivity index (χ2v) is 5.24. The first kappa shape index (κ1) is 13.9. The van der Waals surface area contributed by atoms with Gasteiger partial charge >= 0.3 is 0 Å². The summed E-state index contributed by atoms with van der Waals surface area (Å²) < 4.78 is 39.9. The first-order chi connectivity index (χ1) is 10.1. The van der Waals surface area contributed by atoms with E-state index in [1.54, 1.807) is 12.1 Å². The van der Waals surface area contributed by atoms with Crippen molar-refractivity contribution >= 4 is 5.78 Å². The van der Waals surface area contributed by atoms with Crippen LogP contribution in [0.3, 0.4) is 0 Å². The van der Waals surface area contributed by atoms with Crippen molar-refractivity contribution in [2.75, 3.05) is 0 Å². The van der Waals surface area contributed by atoms with Crippen LogP contribution in [0.1, 0.15) is 39.9 Å². The highest BCUT2D eigenvalue weighted by atomic mass is 19.2. The van der Waals surface area contributed by atoms with Crippen LogP contribution in [0.4, 0.5) is 13.2 Å². The van der Waals surface area contributed by atoms with Gasteiger partial charge in [-0.2, -0.15) is 0 Å². The van der Waals surface area contributed by atoms with Crippen LogP contribution in [-0.2, 0) is 12.8 Å². The Morgan fingerprint density at radius 1 is 0.857 bits per heavy atom. The van der Waals surface area contributed by atoms with Crippen LogP contribution < -0.4 is 0 Å². The zero-order valence-corrected chi connectivity index (χ0v) is 11.3. The highest BCUT2D eigenvalue weighted by Gasteiger charge is 2.21. The monoisotopic (exact) mass is 290 g/mol. The fourth-order valence-corrected chi connectivity index (χ4v) is 2.73. The van der Waals surface area contributed by atoms with Gasteiger partial charge < -0.3 is 0 Å². The quantitative estimate of drug-likeness (QED) is 0.598. The van der Waals surface area contributed by atoms with Crippen molar-refractivity contribution in [1.29, 1.82) is 0 Å². The Morgan fingerprint density at radius 2 is 1.57 bits per heavy atom. The molecule has 0 amide bonds. The van der Waals surface area contributed by atoms with Gasteiger partial charge in [0.1, 0.15) is 0 Å². The molecule has 4 heteroatoms. The van der Waals surface area contributed by atoms with E-state index in [2.05, 4.69) is 0 Å². The van der Waals surface area contributed by atoms with Crippen molar-refractivity contribution in [3.8, 4) is 0 Å². The molecule has 0 aliphatic heterocycles. The fraction of sp³-hybridized carbons (Fsp3) is 0.235. The van der Waals surface area contributed by atoms with E-state index in [1.807, 2.05) is 6.07 Å². The van der Waals surface area contributed by atoms with E-state index in [0.717, 1.165) is 43.4 Å². The van der Waals surface area contributed by atoms with Crippen LogP contribution in [0.5, 0.6) is 0 Å². The Kier molecular flexibility index (Phi) is 3.53. The van der Waals surface area contributed by atoms with Gasteiger partial charge in [0, 0.05) is 5.56 Å². The molecule has 2 aromatic rings. The topological polar surface area (TPSA) is 17.1 Å². The normalized spacial score (nSPS) is 13.9. The minimum absolute atomic E-state index is 0.306. The van der Waals surface area contributed by atoms with Gasteiger partial charge in [-0.15, -0.1) is 0 Å². The van der Waals surface area contributed by atoms with Gasteiger partial charge in [-0.25, -0.2) is 13.2 Å². The van der Waals surface area contributed by atoms with Crippen LogP contribution in [0, 0.1) is 17.5 Å². The summed E-state index contributed by atoms with van der Waals surface area (Å²) in [5.41, 5.74) is 2.14. The third kappa shape index (κ3) is 2.46. The molecule has 1 aliphatic carbocycles. The maximum atomic E-state index is 13.7. The predicted octanol–water partition coefficient (Wildman–Crippen LogP) is 4.21. The summed E-state index contributed by atoms with van der Waals surface area (Å²) in [5, 5.41) is 0. The van der Waals surface area contributed by atoms with E-state index in [1.165, 1.54) is 5.56 Å². The van der Waals surface area contributed by atoms with Crippen molar-refractivity contribution in [3.63, 3.8) is 0 Å². The number of ketones is 1. The third-order valence-electron chi connectivity index (χ3n) is 3.89. The van der Waals surface area contributed by atoms with Gasteiger partial charge in [-0.1, -0.05) is 12.1 Å². The SMILES string of the molecule is O=C(c1ccc2c(c1)CCCC2)c1ccc(F)c(F)c1F. The molecular weight excluding hydrogens is 277 g/mol. The zero-order chi connectivity index (χ0) is 15.0. The molecule has 0 saturated carbocycles. The molecule has 3 rings (SSSR count). The van der Waals surface area contributed by atoms with E-state index in [9.17, 15) is 18.0 Å². The van der Waals surface area contributed by atoms with Gasteiger partial charge in [-0.05, 0) is 55.0 Å². The molecule has 0 N–H and O–H groups in total. The number of aryl methyl sites for hydroxylation is 2. The molecule has 1 aliphatic rings. The van der Waals surface area contributed by atoms with Crippen molar-refractivity contribution < 1.29 is 18.0 Å². The van der Waals surface area contributed by atoms with Crippen molar-refractivity contribution in [2.24, 2.45) is 0 Å². The summed E-state index contributed by atoms with van der Waals surface area (Å²) >= 11 is 0. The number of rotatable bonds is 2. The summed E-state index contributed by atoms with van der Waals surface area (Å²) in [6.45, 7) is 0. The molecule has 0 radical (unpaired) electrons. The molecule has 0 spiro atoms. The summed E-state index contributed by atoms with van der Waals surface area (Å²) in [4.78, 5) is 12.3. The number of hydrogen-bond donors (Lipinski definition) is 0. The average molecular weight is 290 g/mol. The molecule has 0 aromatic heterocycles. The summed E-state index contributed by atoms with van der Waals surface area (Å²) in [6.07, 6.45) is 4.04. The number of benzene rings is 2. The first-order valence-corrected chi connectivity index (χ1v) is 6.88. The molecule has 21 heavy (non-hydrogen) atoms. The van der Waals surface area contributed by atoms with Crippen LogP contribution in [0.25, 0.3) is 0 Å². The Morgan fingerprint density at radius 3 is 2.33 bits per heavy atom. The maximum absolute atomic E-state index is 13.7. The molecular formula is C17H13F3O. The number of carbonyl (C=O) groups is 1. The second-order valence-electron chi connectivity index (χ2n) is 5.24. The van der Waals surface area contributed by atoms with Crippen LogP contribution >= 0.6 is 0 Å². The summed E-state index contributed by atoms with van der Waals surface area (Å²) in [7, 11) is 0. The minimum Gasteiger partial charge on any atom is -0.288 e. The highest BCUT2D eigenvalue weighted by molar-refractivity contribution is 6.09. The maximum Gasteiger partial charge on any atom is 0.196 e. The van der Waals surface area contributed by atoms with Crippen molar-refractivity contribution in [3.05, 3.63) is 70.0 Å². The van der Waals surface area contributed by atoms with Gasteiger partial charge in [0.2, 0.25) is 0 Å². The van der Waals surface area contributed by atoms with Gasteiger partial charge in [0.05, 0.1) is 5.56 Å². The van der Waals surface area contributed by atoms with Gasteiger partial charge in [-0.3, -0.25) is 4.79 Å². The Hall–Kier alpha value is -2.10. The van der Waals surface area contributed by atoms with E-state index in [-0.39, 0.29) is 0 Å². The van der Waals surface area contributed by atoms with Crippen molar-refractivity contribution in [2.45, 2.75) is 25.7 Å². The lowest BCUT2D eigenvalue weighted by Crippen LogP contribution is -2.10. The van der Waals surface area contributed by atoms with Crippen molar-refractivity contribution in [1.82, 2.24) is 0 Å². The molecule has 0 unspecified atom stereocenters. The molecule has 0 fully saturated rings. The van der Waals surface area contributed by atoms with Crippen LogP contribution in [0.15, 0.2) is 30.3 Å². The van der Waals surface area contributed by atoms with E-state index in [0.29, 0.717) is 5.56 Å². The molecule has 2 aromatic carbocycles. The van der Waals surface area contributed by atoms with Crippen LogP contribution in [0.2, 0.25) is 0 Å². The third-order valence-corrected chi connectivity index (χ3v) is 3.89. The van der Waals surface area contributed by atoms with E-state index in [4.69, 9.17) is 0 Å². The largest absolute Gasteiger partial charge is 0.288 e. The number of halogens is 3. The lowest BCUT2D eigenvalue weighted by Gasteiger charge is -2.16. The second kappa shape index (κ2) is 5.35. The van der Waals surface area contributed by atoms with Gasteiger partial charge in [0.25, 0.3) is 0 Å². The Balaban J connectivity index is 2.01. The highest BCUT2D eigenvalue weighted by Crippen LogP contribution is 2.24. The summed E-state index contributed by atoms with van der Waals surface area (Å²) in [6, 6.07) is 6.96. The van der Waals surface area contributed by atoms with Gasteiger partial charge in [0.15, 0.2) is 23.2 Å². The molecule has 0 bridgehead atoms. The number of carbonyl (C=O) groups excluding carboxylic acids is 1. The zero-order valence-electron chi connectivity index (χ0n) is 11.3. The Labute approximate surface area is 120 Å². The number of hydrogen-bond acceptors (Lipinski definition) is 1. The molecule has 108 valence electrons. The Bertz CT molecular complexity index is 722. The lowest BCUT2D eigenvalue weighted by molar-refractivity contribution is 0.103. The molecule has 0 saturated heterocycles. The van der Waals surface area contributed by atoms with E-state index < -0.39 is 28.8 Å². The smallest absolute Gasteiger partial charge is 0.196 e. The predicted molar refractivity (Wildman–Crippen MR) is 72.8 cm³/mol. The molecule has 1 nitrogen and oxygen atoms in total. The first-order valence-electron chi connectivity index (χ1n) is 6.88. The lowest BCUT2D eigenvalue weighted by atomic mass is 9.89. The fourth-order valence-electron chi connectivity index (χ4n) is 2.73. The van der Waals surface area contributed by atoms with Crippen LogP contribution in [-0.4, -0.2) is 5.78 Å².